The van der Waals surface area contributed by atoms with Crippen LogP contribution < -0.4 is 5.56 Å². The number of nitrogens with zero attached hydrogens (tertiary/aromatic N) is 1. The first-order chi connectivity index (χ1) is 13.0. The fraction of sp³-hybridized carbons (Fsp3) is 0.143. The predicted octanol–water partition coefficient (Wildman–Crippen LogP) is 6.50. The number of thiophene rings is 1. The third kappa shape index (κ3) is 3.29. The van der Waals surface area contributed by atoms with E-state index < -0.39 is 0 Å². The van der Waals surface area contributed by atoms with Gasteiger partial charge >= 0.3 is 0 Å². The van der Waals surface area contributed by atoms with Gasteiger partial charge in [0.2, 0.25) is 0 Å². The molecule has 6 heteroatoms. The van der Waals surface area contributed by atoms with Gasteiger partial charge in [0.05, 0.1) is 15.4 Å². The number of H-pyrrole nitrogens is 1. The second-order valence-electron chi connectivity index (χ2n) is 6.35. The van der Waals surface area contributed by atoms with Crippen molar-refractivity contribution in [3.05, 3.63) is 73.3 Å². The monoisotopic (exact) mass is 414 g/mol. The number of aryl methyl sites for hydroxylation is 2. The van der Waals surface area contributed by atoms with Crippen molar-refractivity contribution in [1.29, 1.82) is 0 Å². The van der Waals surface area contributed by atoms with Gasteiger partial charge < -0.3 is 4.98 Å². The zero-order chi connectivity index (χ0) is 19.1. The highest BCUT2D eigenvalue weighted by atomic mass is 35.5. The molecule has 4 aromatic rings. The molecule has 136 valence electrons. The van der Waals surface area contributed by atoms with Crippen LogP contribution in [-0.4, -0.2) is 9.97 Å². The Bertz CT molecular complexity index is 1230. The van der Waals surface area contributed by atoms with E-state index in [0.29, 0.717) is 21.3 Å². The summed E-state index contributed by atoms with van der Waals surface area (Å²) >= 11 is 13.8. The van der Waals surface area contributed by atoms with E-state index in [0.717, 1.165) is 38.4 Å². The number of halogens is 2. The SMILES string of the molecule is CCc1sc2nc(-c3cccc(C)c3)[nH]c(=O)c2c1-c1ccc(Cl)c(Cl)c1. The fourth-order valence-corrected chi connectivity index (χ4v) is 4.62. The minimum absolute atomic E-state index is 0.145. The Hall–Kier alpha value is -2.14. The summed E-state index contributed by atoms with van der Waals surface area (Å²) in [5.41, 5.74) is 3.64. The number of aromatic amines is 1. The first kappa shape index (κ1) is 18.2. The number of rotatable bonds is 3. The summed E-state index contributed by atoms with van der Waals surface area (Å²) in [5, 5.41) is 1.56. The summed E-state index contributed by atoms with van der Waals surface area (Å²) in [6, 6.07) is 13.4. The molecule has 0 saturated heterocycles. The Labute approximate surface area is 170 Å². The van der Waals surface area contributed by atoms with Gasteiger partial charge in [-0.25, -0.2) is 4.98 Å². The third-order valence-corrected chi connectivity index (χ3v) is 6.42. The second-order valence-corrected chi connectivity index (χ2v) is 8.24. The first-order valence-corrected chi connectivity index (χ1v) is 10.1. The zero-order valence-corrected chi connectivity index (χ0v) is 17.1. The molecule has 0 atom stereocenters. The molecule has 0 aliphatic carbocycles. The Balaban J connectivity index is 1.98. The van der Waals surface area contributed by atoms with Gasteiger partial charge in [-0.05, 0) is 37.1 Å². The van der Waals surface area contributed by atoms with Crippen LogP contribution in [0.15, 0.2) is 47.3 Å². The van der Waals surface area contributed by atoms with Crippen LogP contribution >= 0.6 is 34.5 Å². The molecule has 0 fully saturated rings. The van der Waals surface area contributed by atoms with Gasteiger partial charge in [-0.3, -0.25) is 4.79 Å². The molecule has 0 bridgehead atoms. The topological polar surface area (TPSA) is 45.8 Å². The average molecular weight is 415 g/mol. The van der Waals surface area contributed by atoms with E-state index in [4.69, 9.17) is 28.2 Å². The number of nitrogens with one attached hydrogen (secondary N) is 1. The molecule has 3 nitrogen and oxygen atoms in total. The molecule has 2 heterocycles. The van der Waals surface area contributed by atoms with Crippen molar-refractivity contribution < 1.29 is 0 Å². The summed E-state index contributed by atoms with van der Waals surface area (Å²) in [4.78, 5) is 22.5. The summed E-state index contributed by atoms with van der Waals surface area (Å²) in [6.07, 6.45) is 0.801. The van der Waals surface area contributed by atoms with Crippen molar-refractivity contribution in [3.8, 4) is 22.5 Å². The van der Waals surface area contributed by atoms with Gasteiger partial charge in [-0.15, -0.1) is 11.3 Å². The molecule has 0 radical (unpaired) electrons. The molecular formula is C21H16Cl2N2OS. The lowest BCUT2D eigenvalue weighted by Crippen LogP contribution is -2.09. The molecule has 4 rings (SSSR count). The van der Waals surface area contributed by atoms with Crippen molar-refractivity contribution in [2.45, 2.75) is 20.3 Å². The van der Waals surface area contributed by atoms with Crippen LogP contribution in [0.5, 0.6) is 0 Å². The van der Waals surface area contributed by atoms with Gasteiger partial charge in [-0.1, -0.05) is 60.0 Å². The van der Waals surface area contributed by atoms with E-state index in [9.17, 15) is 4.79 Å². The van der Waals surface area contributed by atoms with Crippen LogP contribution in [0.4, 0.5) is 0 Å². The van der Waals surface area contributed by atoms with Crippen LogP contribution in [0.1, 0.15) is 17.4 Å². The highest BCUT2D eigenvalue weighted by Crippen LogP contribution is 2.39. The van der Waals surface area contributed by atoms with Crippen LogP contribution in [0.2, 0.25) is 10.0 Å². The third-order valence-electron chi connectivity index (χ3n) is 4.46. The molecule has 0 aliphatic heterocycles. The maximum atomic E-state index is 13.0. The largest absolute Gasteiger partial charge is 0.306 e. The Kier molecular flexibility index (Phi) is 4.81. The fourth-order valence-electron chi connectivity index (χ4n) is 3.19. The lowest BCUT2D eigenvalue weighted by Gasteiger charge is -2.06. The van der Waals surface area contributed by atoms with Crippen molar-refractivity contribution in [1.82, 2.24) is 9.97 Å². The maximum Gasteiger partial charge on any atom is 0.260 e. The van der Waals surface area contributed by atoms with E-state index >= 15 is 0 Å². The Morgan fingerprint density at radius 3 is 2.59 bits per heavy atom. The Morgan fingerprint density at radius 1 is 1.07 bits per heavy atom. The maximum absolute atomic E-state index is 13.0. The predicted molar refractivity (Wildman–Crippen MR) is 115 cm³/mol. The molecule has 2 aromatic carbocycles. The zero-order valence-electron chi connectivity index (χ0n) is 14.8. The lowest BCUT2D eigenvalue weighted by atomic mass is 10.0. The summed E-state index contributed by atoms with van der Waals surface area (Å²) in [7, 11) is 0. The summed E-state index contributed by atoms with van der Waals surface area (Å²) in [6.45, 7) is 4.09. The number of fused-ring (bicyclic) bond motifs is 1. The van der Waals surface area contributed by atoms with Gasteiger partial charge in [0.1, 0.15) is 10.7 Å². The van der Waals surface area contributed by atoms with E-state index in [-0.39, 0.29) is 5.56 Å². The Morgan fingerprint density at radius 2 is 1.89 bits per heavy atom. The molecular weight excluding hydrogens is 399 g/mol. The lowest BCUT2D eigenvalue weighted by molar-refractivity contribution is 1.18. The summed E-state index contributed by atoms with van der Waals surface area (Å²) < 4.78 is 0. The number of aromatic nitrogens is 2. The van der Waals surface area contributed by atoms with Crippen molar-refractivity contribution in [2.75, 3.05) is 0 Å². The molecule has 0 spiro atoms. The molecule has 27 heavy (non-hydrogen) atoms. The van der Waals surface area contributed by atoms with Crippen LogP contribution in [0.25, 0.3) is 32.7 Å². The van der Waals surface area contributed by atoms with Crippen LogP contribution in [0, 0.1) is 6.92 Å². The van der Waals surface area contributed by atoms with E-state index in [1.165, 1.54) is 0 Å². The number of hydrogen-bond acceptors (Lipinski definition) is 3. The molecule has 0 amide bonds. The van der Waals surface area contributed by atoms with Gasteiger partial charge in [0.25, 0.3) is 5.56 Å². The van der Waals surface area contributed by atoms with Crippen molar-refractivity contribution in [2.24, 2.45) is 0 Å². The molecule has 0 unspecified atom stereocenters. The van der Waals surface area contributed by atoms with Gasteiger partial charge in [-0.2, -0.15) is 0 Å². The number of benzene rings is 2. The smallest absolute Gasteiger partial charge is 0.260 e. The van der Waals surface area contributed by atoms with E-state index in [2.05, 4.69) is 11.9 Å². The summed E-state index contributed by atoms with van der Waals surface area (Å²) in [5.74, 6) is 0.584. The first-order valence-electron chi connectivity index (χ1n) is 8.56. The van der Waals surface area contributed by atoms with Gasteiger partial charge in [0, 0.05) is 16.0 Å². The molecule has 0 saturated carbocycles. The standard InChI is InChI=1S/C21H16Cl2N2OS/c1-3-16-17(12-7-8-14(22)15(23)10-12)18-20(26)24-19(25-21(18)27-16)13-6-4-5-11(2)9-13/h4-10H,3H2,1-2H3,(H,24,25,26). The minimum atomic E-state index is -0.145. The van der Waals surface area contributed by atoms with E-state index in [1.54, 1.807) is 23.5 Å². The van der Waals surface area contributed by atoms with E-state index in [1.807, 2.05) is 37.3 Å². The highest BCUT2D eigenvalue weighted by molar-refractivity contribution is 7.19. The molecule has 1 N–H and O–H groups in total. The van der Waals surface area contributed by atoms with Crippen LogP contribution in [-0.2, 0) is 6.42 Å². The molecule has 2 aromatic heterocycles. The second kappa shape index (κ2) is 7.12. The normalized spacial score (nSPS) is 11.3. The number of hydrogen-bond donors (Lipinski definition) is 1. The highest BCUT2D eigenvalue weighted by Gasteiger charge is 2.19. The molecule has 0 aliphatic rings. The van der Waals surface area contributed by atoms with Crippen molar-refractivity contribution in [3.63, 3.8) is 0 Å². The van der Waals surface area contributed by atoms with Gasteiger partial charge in [0.15, 0.2) is 0 Å². The van der Waals surface area contributed by atoms with Crippen molar-refractivity contribution >= 4 is 44.8 Å². The minimum Gasteiger partial charge on any atom is -0.306 e. The quantitative estimate of drug-likeness (QED) is 0.415. The average Bonchev–Trinajstić information content (AvgIpc) is 3.03. The van der Waals surface area contributed by atoms with Crippen LogP contribution in [0.3, 0.4) is 0 Å².